The maximum absolute atomic E-state index is 12.4. The summed E-state index contributed by atoms with van der Waals surface area (Å²) in [7, 11) is 0. The fourth-order valence-corrected chi connectivity index (χ4v) is 2.63. The van der Waals surface area contributed by atoms with Crippen LogP contribution in [0.4, 0.5) is 0 Å². The smallest absolute Gasteiger partial charge is 0.253 e. The largest absolute Gasteiger partial charge is 0.392 e. The molecular formula is C17H26N2O2. The van der Waals surface area contributed by atoms with Gasteiger partial charge in [0, 0.05) is 38.3 Å². The number of aliphatic hydroxyl groups excluding tert-OH is 1. The zero-order valence-corrected chi connectivity index (χ0v) is 13.1. The number of hydrogen-bond donors (Lipinski definition) is 1. The summed E-state index contributed by atoms with van der Waals surface area (Å²) in [6.07, 6.45) is 1.52. The number of carbonyl (C=O) groups excluding carboxylic acids is 1. The first-order chi connectivity index (χ1) is 10.1. The third kappa shape index (κ3) is 4.29. The molecule has 0 spiro atoms. The van der Waals surface area contributed by atoms with Gasteiger partial charge in [0.15, 0.2) is 0 Å². The second kappa shape index (κ2) is 7.57. The molecule has 0 bridgehead atoms. The average molecular weight is 290 g/mol. The molecule has 0 aliphatic carbocycles. The molecule has 1 N–H and O–H groups in total. The van der Waals surface area contributed by atoms with Crippen LogP contribution in [-0.2, 0) is 6.42 Å². The van der Waals surface area contributed by atoms with Crippen molar-refractivity contribution in [1.29, 1.82) is 0 Å². The Hall–Kier alpha value is -1.39. The minimum Gasteiger partial charge on any atom is -0.392 e. The van der Waals surface area contributed by atoms with Crippen molar-refractivity contribution in [2.75, 3.05) is 32.7 Å². The van der Waals surface area contributed by atoms with Gasteiger partial charge < -0.3 is 10.0 Å². The van der Waals surface area contributed by atoms with Crippen LogP contribution in [0.15, 0.2) is 24.3 Å². The van der Waals surface area contributed by atoms with Crippen molar-refractivity contribution in [2.45, 2.75) is 32.8 Å². The molecule has 2 rings (SSSR count). The monoisotopic (exact) mass is 290 g/mol. The number of hydrogen-bond acceptors (Lipinski definition) is 3. The van der Waals surface area contributed by atoms with Crippen LogP contribution in [0.25, 0.3) is 0 Å². The van der Waals surface area contributed by atoms with Crippen LogP contribution in [0.1, 0.15) is 36.2 Å². The van der Waals surface area contributed by atoms with Crippen molar-refractivity contribution in [3.05, 3.63) is 35.4 Å². The van der Waals surface area contributed by atoms with E-state index in [9.17, 15) is 9.90 Å². The molecule has 116 valence electrons. The molecular weight excluding hydrogens is 264 g/mol. The zero-order chi connectivity index (χ0) is 15.2. The van der Waals surface area contributed by atoms with Crippen LogP contribution in [0.3, 0.4) is 0 Å². The highest BCUT2D eigenvalue weighted by atomic mass is 16.3. The van der Waals surface area contributed by atoms with E-state index in [0.29, 0.717) is 6.54 Å². The van der Waals surface area contributed by atoms with E-state index in [-0.39, 0.29) is 12.0 Å². The molecule has 0 saturated carbocycles. The molecule has 1 aliphatic heterocycles. The number of nitrogens with zero attached hydrogens (tertiary/aromatic N) is 2. The molecule has 1 heterocycles. The highest BCUT2D eigenvalue weighted by Crippen LogP contribution is 2.11. The summed E-state index contributed by atoms with van der Waals surface area (Å²) in [6, 6.07) is 7.91. The van der Waals surface area contributed by atoms with Crippen molar-refractivity contribution >= 4 is 5.91 Å². The Balaban J connectivity index is 1.87. The van der Waals surface area contributed by atoms with Crippen molar-refractivity contribution < 1.29 is 9.90 Å². The zero-order valence-electron chi connectivity index (χ0n) is 13.1. The molecule has 0 radical (unpaired) electrons. The van der Waals surface area contributed by atoms with E-state index in [4.69, 9.17) is 0 Å². The Bertz CT molecular complexity index is 450. The van der Waals surface area contributed by atoms with Gasteiger partial charge in [0.25, 0.3) is 5.91 Å². The van der Waals surface area contributed by atoms with E-state index in [1.807, 2.05) is 36.1 Å². The number of rotatable bonds is 5. The molecule has 1 atom stereocenters. The van der Waals surface area contributed by atoms with Crippen LogP contribution >= 0.6 is 0 Å². The van der Waals surface area contributed by atoms with Gasteiger partial charge in [-0.25, -0.2) is 0 Å². The van der Waals surface area contributed by atoms with Gasteiger partial charge in [0.2, 0.25) is 0 Å². The second-order valence-corrected chi connectivity index (χ2v) is 5.71. The topological polar surface area (TPSA) is 43.8 Å². The van der Waals surface area contributed by atoms with E-state index in [1.54, 1.807) is 0 Å². The summed E-state index contributed by atoms with van der Waals surface area (Å²) < 4.78 is 0. The first-order valence-electron chi connectivity index (χ1n) is 7.92. The first kappa shape index (κ1) is 16.0. The van der Waals surface area contributed by atoms with E-state index in [2.05, 4.69) is 11.8 Å². The predicted octanol–water partition coefficient (Wildman–Crippen LogP) is 1.78. The predicted molar refractivity (Wildman–Crippen MR) is 84.5 cm³/mol. The molecule has 0 aromatic heterocycles. The van der Waals surface area contributed by atoms with E-state index in [1.165, 1.54) is 5.56 Å². The maximum atomic E-state index is 12.4. The molecule has 1 fully saturated rings. The molecule has 4 nitrogen and oxygen atoms in total. The Morgan fingerprint density at radius 1 is 1.14 bits per heavy atom. The normalized spacial score (nSPS) is 17.8. The van der Waals surface area contributed by atoms with Crippen LogP contribution in [0.2, 0.25) is 0 Å². The average Bonchev–Trinajstić information content (AvgIpc) is 2.55. The molecule has 21 heavy (non-hydrogen) atoms. The first-order valence-corrected chi connectivity index (χ1v) is 7.92. The number of benzene rings is 1. The summed E-state index contributed by atoms with van der Waals surface area (Å²) in [4.78, 5) is 16.6. The van der Waals surface area contributed by atoms with Crippen LogP contribution in [0.5, 0.6) is 0 Å². The van der Waals surface area contributed by atoms with Gasteiger partial charge in [-0.3, -0.25) is 9.69 Å². The summed E-state index contributed by atoms with van der Waals surface area (Å²) in [5.41, 5.74) is 2.03. The fraction of sp³-hybridized carbons (Fsp3) is 0.588. The Morgan fingerprint density at radius 3 is 2.29 bits per heavy atom. The van der Waals surface area contributed by atoms with Gasteiger partial charge in [-0.15, -0.1) is 0 Å². The lowest BCUT2D eigenvalue weighted by Crippen LogP contribution is -2.50. The maximum Gasteiger partial charge on any atom is 0.253 e. The van der Waals surface area contributed by atoms with Crippen molar-refractivity contribution in [3.63, 3.8) is 0 Å². The Labute approximate surface area is 127 Å². The van der Waals surface area contributed by atoms with Gasteiger partial charge in [-0.2, -0.15) is 0 Å². The van der Waals surface area contributed by atoms with Gasteiger partial charge in [0.1, 0.15) is 0 Å². The summed E-state index contributed by atoms with van der Waals surface area (Å²) in [5, 5.41) is 9.69. The highest BCUT2D eigenvalue weighted by Gasteiger charge is 2.22. The van der Waals surface area contributed by atoms with Gasteiger partial charge in [0.05, 0.1) is 6.10 Å². The molecule has 1 aliphatic rings. The minimum atomic E-state index is -0.256. The molecule has 1 unspecified atom stereocenters. The molecule has 1 aromatic rings. The van der Waals surface area contributed by atoms with Crippen LogP contribution < -0.4 is 0 Å². The fourth-order valence-electron chi connectivity index (χ4n) is 2.63. The number of β-amino-alcohol motifs (C(OH)–C–C–N with tert-alkyl or cyclic N) is 1. The van der Waals surface area contributed by atoms with Gasteiger partial charge in [-0.05, 0) is 30.5 Å². The quantitative estimate of drug-likeness (QED) is 0.899. The van der Waals surface area contributed by atoms with Gasteiger partial charge in [-0.1, -0.05) is 26.0 Å². The van der Waals surface area contributed by atoms with Crippen molar-refractivity contribution in [2.24, 2.45) is 0 Å². The molecule has 1 aromatic carbocycles. The number of piperazine rings is 1. The number of carbonyl (C=O) groups is 1. The Morgan fingerprint density at radius 2 is 1.76 bits per heavy atom. The van der Waals surface area contributed by atoms with E-state index < -0.39 is 0 Å². The number of amides is 1. The molecule has 1 saturated heterocycles. The van der Waals surface area contributed by atoms with E-state index in [0.717, 1.165) is 44.6 Å². The standard InChI is InChI=1S/C17H26N2O2/c1-3-14-5-7-15(8-6-14)17(21)19-11-9-18(10-12-19)13-16(20)4-2/h5-8,16,20H,3-4,9-13H2,1-2H3. The second-order valence-electron chi connectivity index (χ2n) is 5.71. The van der Waals surface area contributed by atoms with Crippen molar-refractivity contribution in [3.8, 4) is 0 Å². The summed E-state index contributed by atoms with van der Waals surface area (Å²) in [6.45, 7) is 7.98. The lowest BCUT2D eigenvalue weighted by atomic mass is 10.1. The van der Waals surface area contributed by atoms with Crippen LogP contribution in [-0.4, -0.2) is 59.6 Å². The highest BCUT2D eigenvalue weighted by molar-refractivity contribution is 5.94. The lowest BCUT2D eigenvalue weighted by molar-refractivity contribution is 0.0524. The molecule has 1 amide bonds. The van der Waals surface area contributed by atoms with E-state index >= 15 is 0 Å². The molecule has 4 heteroatoms. The van der Waals surface area contributed by atoms with Crippen molar-refractivity contribution in [1.82, 2.24) is 9.80 Å². The van der Waals surface area contributed by atoms with Crippen LogP contribution in [0, 0.1) is 0 Å². The Kier molecular flexibility index (Phi) is 5.76. The minimum absolute atomic E-state index is 0.119. The third-order valence-electron chi connectivity index (χ3n) is 4.21. The third-order valence-corrected chi connectivity index (χ3v) is 4.21. The number of aliphatic hydroxyl groups is 1. The lowest BCUT2D eigenvalue weighted by Gasteiger charge is -2.35. The summed E-state index contributed by atoms with van der Waals surface area (Å²) >= 11 is 0. The number of aryl methyl sites for hydroxylation is 1. The van der Waals surface area contributed by atoms with Gasteiger partial charge >= 0.3 is 0 Å². The SMILES string of the molecule is CCc1ccc(C(=O)N2CCN(CC(O)CC)CC2)cc1. The summed E-state index contributed by atoms with van der Waals surface area (Å²) in [5.74, 6) is 0.119.